The highest BCUT2D eigenvalue weighted by Crippen LogP contribution is 2.23. The average molecular weight is 369 g/mol. The van der Waals surface area contributed by atoms with Crippen LogP contribution in [0.15, 0.2) is 36.4 Å². The molecule has 5 nitrogen and oxygen atoms in total. The van der Waals surface area contributed by atoms with Crippen LogP contribution in [0.2, 0.25) is 5.02 Å². The first kappa shape index (κ1) is 18.0. The van der Waals surface area contributed by atoms with Crippen molar-refractivity contribution in [3.05, 3.63) is 63.7 Å². The second kappa shape index (κ2) is 8.03. The number of fused-ring (bicyclic) bond motifs is 1. The van der Waals surface area contributed by atoms with Gasteiger partial charge in [0.05, 0.1) is 16.8 Å². The van der Waals surface area contributed by atoms with E-state index < -0.39 is 18.5 Å². The van der Waals surface area contributed by atoms with Gasteiger partial charge in [0.2, 0.25) is 0 Å². The van der Waals surface area contributed by atoms with E-state index in [1.165, 1.54) is 29.7 Å². The molecule has 3 rings (SSSR count). The largest absolute Gasteiger partial charge is 0.452 e. The summed E-state index contributed by atoms with van der Waals surface area (Å²) in [6.45, 7) is -0.437. The Balaban J connectivity index is 1.60. The molecule has 0 spiro atoms. The number of esters is 1. The lowest BCUT2D eigenvalue weighted by molar-refractivity contribution is -0.119. The van der Waals surface area contributed by atoms with Crippen LogP contribution >= 0.6 is 11.6 Å². The smallest absolute Gasteiger partial charge is 0.338 e. The summed E-state index contributed by atoms with van der Waals surface area (Å²) in [5.74, 6) is -1.07. The summed E-state index contributed by atoms with van der Waals surface area (Å²) in [5.41, 5.74) is 3.46. The Labute approximate surface area is 156 Å². The Morgan fingerprint density at radius 2 is 1.88 bits per heavy atom. The lowest BCUT2D eigenvalue weighted by atomic mass is 9.90. The summed E-state index contributed by atoms with van der Waals surface area (Å²) < 4.78 is 5.09. The molecule has 0 bridgehead atoms. The van der Waals surface area contributed by atoms with Gasteiger partial charge in [0.15, 0.2) is 6.61 Å². The Hall–Kier alpha value is -2.84. The molecule has 0 saturated carbocycles. The molecule has 0 fully saturated rings. The summed E-state index contributed by atoms with van der Waals surface area (Å²) in [6, 6.07) is 12.0. The number of nitriles is 1. The number of rotatable bonds is 4. The van der Waals surface area contributed by atoms with E-state index in [-0.39, 0.29) is 11.3 Å². The molecule has 0 aliphatic heterocycles. The van der Waals surface area contributed by atoms with Crippen LogP contribution in [0.25, 0.3) is 0 Å². The maximum Gasteiger partial charge on any atom is 0.338 e. The number of benzene rings is 2. The summed E-state index contributed by atoms with van der Waals surface area (Å²) in [7, 11) is 0. The Morgan fingerprint density at radius 3 is 2.65 bits per heavy atom. The first-order valence-electron chi connectivity index (χ1n) is 8.35. The molecule has 6 heteroatoms. The third-order valence-corrected chi connectivity index (χ3v) is 4.53. The molecular weight excluding hydrogens is 352 g/mol. The van der Waals surface area contributed by atoms with E-state index in [2.05, 4.69) is 5.32 Å². The first-order valence-corrected chi connectivity index (χ1v) is 8.73. The predicted octanol–water partition coefficient (Wildman–Crippen LogP) is 3.89. The lowest BCUT2D eigenvalue weighted by Crippen LogP contribution is -2.21. The van der Waals surface area contributed by atoms with Crippen molar-refractivity contribution in [3.63, 3.8) is 0 Å². The average Bonchev–Trinajstić information content (AvgIpc) is 2.66. The van der Waals surface area contributed by atoms with Crippen molar-refractivity contribution < 1.29 is 14.3 Å². The topological polar surface area (TPSA) is 79.2 Å². The van der Waals surface area contributed by atoms with E-state index in [0.29, 0.717) is 10.6 Å². The van der Waals surface area contributed by atoms with Crippen molar-refractivity contribution in [1.29, 1.82) is 5.26 Å². The number of amides is 1. The van der Waals surface area contributed by atoms with Crippen LogP contribution in [0.3, 0.4) is 0 Å². The van der Waals surface area contributed by atoms with Gasteiger partial charge in [-0.2, -0.15) is 5.26 Å². The minimum Gasteiger partial charge on any atom is -0.452 e. The number of carbonyl (C=O) groups is 2. The Kier molecular flexibility index (Phi) is 5.55. The van der Waals surface area contributed by atoms with Crippen LogP contribution in [0, 0.1) is 11.3 Å². The third kappa shape index (κ3) is 4.22. The molecule has 2 aromatic rings. The second-order valence-corrected chi connectivity index (χ2v) is 6.55. The van der Waals surface area contributed by atoms with E-state index in [9.17, 15) is 9.59 Å². The van der Waals surface area contributed by atoms with Gasteiger partial charge in [-0.25, -0.2) is 4.79 Å². The highest BCUT2D eigenvalue weighted by Gasteiger charge is 2.15. The minimum absolute atomic E-state index is 0.281. The molecule has 0 heterocycles. The standard InChI is InChI=1S/C20H17ClN2O3/c21-17-8-7-16(11-22)18(10-17)23-19(24)12-26-20(25)15-6-5-13-3-1-2-4-14(13)9-15/h5-10H,1-4,12H2,(H,23,24). The zero-order valence-electron chi connectivity index (χ0n) is 14.0. The highest BCUT2D eigenvalue weighted by molar-refractivity contribution is 6.31. The van der Waals surface area contributed by atoms with Crippen molar-refractivity contribution in [2.75, 3.05) is 11.9 Å². The molecule has 1 aliphatic rings. The molecule has 1 aliphatic carbocycles. The molecule has 0 unspecified atom stereocenters. The molecule has 0 radical (unpaired) electrons. The predicted molar refractivity (Wildman–Crippen MR) is 98.2 cm³/mol. The van der Waals surface area contributed by atoms with Crippen LogP contribution < -0.4 is 5.32 Å². The van der Waals surface area contributed by atoms with Crippen LogP contribution in [0.4, 0.5) is 5.69 Å². The van der Waals surface area contributed by atoms with E-state index in [4.69, 9.17) is 21.6 Å². The van der Waals surface area contributed by atoms with Crippen molar-refractivity contribution >= 4 is 29.2 Å². The Bertz CT molecular complexity index is 902. The first-order chi connectivity index (χ1) is 12.6. The lowest BCUT2D eigenvalue weighted by Gasteiger charge is -2.16. The van der Waals surface area contributed by atoms with E-state index in [0.717, 1.165) is 19.3 Å². The van der Waals surface area contributed by atoms with Gasteiger partial charge in [0.25, 0.3) is 5.91 Å². The summed E-state index contributed by atoms with van der Waals surface area (Å²) in [4.78, 5) is 24.2. The number of nitrogens with one attached hydrogen (secondary N) is 1. The van der Waals surface area contributed by atoms with Gasteiger partial charge < -0.3 is 10.1 Å². The zero-order chi connectivity index (χ0) is 18.5. The van der Waals surface area contributed by atoms with Gasteiger partial charge >= 0.3 is 5.97 Å². The van der Waals surface area contributed by atoms with Gasteiger partial charge in [-0.15, -0.1) is 0 Å². The van der Waals surface area contributed by atoms with Crippen LogP contribution in [0.5, 0.6) is 0 Å². The highest BCUT2D eigenvalue weighted by atomic mass is 35.5. The number of hydrogen-bond donors (Lipinski definition) is 1. The molecule has 1 amide bonds. The van der Waals surface area contributed by atoms with Gasteiger partial charge in [-0.1, -0.05) is 17.7 Å². The van der Waals surface area contributed by atoms with Crippen LogP contribution in [-0.4, -0.2) is 18.5 Å². The number of halogens is 1. The molecule has 26 heavy (non-hydrogen) atoms. The summed E-state index contributed by atoms with van der Waals surface area (Å²) >= 11 is 5.88. The van der Waals surface area contributed by atoms with E-state index in [1.54, 1.807) is 12.1 Å². The molecule has 0 aromatic heterocycles. The molecule has 132 valence electrons. The summed E-state index contributed by atoms with van der Waals surface area (Å²) in [6.07, 6.45) is 4.29. The normalized spacial score (nSPS) is 12.6. The van der Waals surface area contributed by atoms with E-state index in [1.807, 2.05) is 18.2 Å². The number of ether oxygens (including phenoxy) is 1. The quantitative estimate of drug-likeness (QED) is 0.830. The fraction of sp³-hybridized carbons (Fsp3) is 0.250. The Morgan fingerprint density at radius 1 is 1.12 bits per heavy atom. The number of anilines is 1. The number of aryl methyl sites for hydroxylation is 2. The third-order valence-electron chi connectivity index (χ3n) is 4.29. The fourth-order valence-electron chi connectivity index (χ4n) is 2.98. The molecule has 1 N–H and O–H groups in total. The van der Waals surface area contributed by atoms with Crippen molar-refractivity contribution in [1.82, 2.24) is 0 Å². The van der Waals surface area contributed by atoms with Crippen LogP contribution in [0.1, 0.15) is 39.9 Å². The second-order valence-electron chi connectivity index (χ2n) is 6.12. The molecule has 0 saturated heterocycles. The maximum absolute atomic E-state index is 12.2. The minimum atomic E-state index is -0.542. The van der Waals surface area contributed by atoms with Crippen LogP contribution in [-0.2, 0) is 22.4 Å². The molecule has 0 atom stereocenters. The van der Waals surface area contributed by atoms with E-state index >= 15 is 0 Å². The number of nitrogens with zero attached hydrogens (tertiary/aromatic N) is 1. The molecular formula is C20H17ClN2O3. The van der Waals surface area contributed by atoms with Gasteiger partial charge in [0.1, 0.15) is 6.07 Å². The number of carbonyl (C=O) groups excluding carboxylic acids is 2. The van der Waals surface area contributed by atoms with Crippen molar-refractivity contribution in [3.8, 4) is 6.07 Å². The van der Waals surface area contributed by atoms with Crippen molar-refractivity contribution in [2.24, 2.45) is 0 Å². The monoisotopic (exact) mass is 368 g/mol. The molecule has 2 aromatic carbocycles. The zero-order valence-corrected chi connectivity index (χ0v) is 14.8. The maximum atomic E-state index is 12.2. The van der Waals surface area contributed by atoms with Gasteiger partial charge in [0, 0.05) is 5.02 Å². The number of hydrogen-bond acceptors (Lipinski definition) is 4. The van der Waals surface area contributed by atoms with Gasteiger partial charge in [-0.05, 0) is 67.1 Å². The van der Waals surface area contributed by atoms with Crippen molar-refractivity contribution in [2.45, 2.75) is 25.7 Å². The SMILES string of the molecule is N#Cc1ccc(Cl)cc1NC(=O)COC(=O)c1ccc2c(c1)CCCC2. The fourth-order valence-corrected chi connectivity index (χ4v) is 3.15. The van der Waals surface area contributed by atoms with Gasteiger partial charge in [-0.3, -0.25) is 4.79 Å². The summed E-state index contributed by atoms with van der Waals surface area (Å²) in [5, 5.41) is 12.0.